The van der Waals surface area contributed by atoms with Gasteiger partial charge in [-0.25, -0.2) is 0 Å². The van der Waals surface area contributed by atoms with Gasteiger partial charge in [0.25, 0.3) is 0 Å². The highest BCUT2D eigenvalue weighted by Crippen LogP contribution is 2.19. The third-order valence-electron chi connectivity index (χ3n) is 4.63. The lowest BCUT2D eigenvalue weighted by atomic mass is 9.93. The van der Waals surface area contributed by atoms with Crippen LogP contribution in [0.4, 0.5) is 0 Å². The summed E-state index contributed by atoms with van der Waals surface area (Å²) in [7, 11) is 1.82. The van der Waals surface area contributed by atoms with E-state index in [1.165, 1.54) is 0 Å². The fraction of sp³-hybridized carbons (Fsp3) is 0.636. The molecule has 1 amide bonds. The maximum atomic E-state index is 12.4. The Balaban J connectivity index is 2.51. The Kier molecular flexibility index (Phi) is 11.3. The van der Waals surface area contributed by atoms with Crippen LogP contribution in [0.25, 0.3) is 0 Å². The zero-order valence-corrected chi connectivity index (χ0v) is 18.0. The van der Waals surface area contributed by atoms with Gasteiger partial charge in [0, 0.05) is 33.1 Å². The van der Waals surface area contributed by atoms with Crippen LogP contribution in [-0.4, -0.2) is 54.2 Å². The van der Waals surface area contributed by atoms with Crippen LogP contribution in [0.2, 0.25) is 0 Å². The number of amides is 1. The van der Waals surface area contributed by atoms with Crippen molar-refractivity contribution in [3.8, 4) is 0 Å². The van der Waals surface area contributed by atoms with E-state index in [1.807, 2.05) is 44.3 Å². The van der Waals surface area contributed by atoms with Crippen molar-refractivity contribution in [2.75, 3.05) is 26.7 Å². The second-order valence-corrected chi connectivity index (χ2v) is 7.33. The number of benzene rings is 1. The van der Waals surface area contributed by atoms with Gasteiger partial charge in [0.2, 0.25) is 5.91 Å². The maximum Gasteiger partial charge on any atom is 0.224 e. The molecule has 6 heteroatoms. The third kappa shape index (κ3) is 9.22. The molecular weight excluding hydrogens is 352 g/mol. The van der Waals surface area contributed by atoms with Gasteiger partial charge in [0.15, 0.2) is 5.96 Å². The van der Waals surface area contributed by atoms with Gasteiger partial charge in [0.1, 0.15) is 0 Å². The summed E-state index contributed by atoms with van der Waals surface area (Å²) in [6.07, 6.45) is 3.73. The minimum Gasteiger partial charge on any atom is -0.388 e. The van der Waals surface area contributed by atoms with Crippen LogP contribution in [0.3, 0.4) is 0 Å². The first kappa shape index (κ1) is 24.0. The highest BCUT2D eigenvalue weighted by Gasteiger charge is 2.24. The molecule has 0 fully saturated rings. The van der Waals surface area contributed by atoms with Crippen molar-refractivity contribution >= 4 is 11.9 Å². The predicted molar refractivity (Wildman–Crippen MR) is 116 cm³/mol. The summed E-state index contributed by atoms with van der Waals surface area (Å²) in [6.45, 7) is 8.36. The lowest BCUT2D eigenvalue weighted by Crippen LogP contribution is -2.41. The van der Waals surface area contributed by atoms with Crippen LogP contribution in [0.1, 0.15) is 58.4 Å². The van der Waals surface area contributed by atoms with E-state index in [0.717, 1.165) is 37.8 Å². The lowest BCUT2D eigenvalue weighted by Gasteiger charge is -2.26. The zero-order valence-electron chi connectivity index (χ0n) is 18.0. The van der Waals surface area contributed by atoms with Crippen molar-refractivity contribution in [2.24, 2.45) is 4.99 Å². The number of hydrogen-bond donors (Lipinski definition) is 3. The van der Waals surface area contributed by atoms with Crippen molar-refractivity contribution < 1.29 is 9.90 Å². The molecule has 0 heterocycles. The molecule has 0 saturated heterocycles. The van der Waals surface area contributed by atoms with E-state index in [-0.39, 0.29) is 5.91 Å². The number of carbonyl (C=O) groups is 1. The first-order chi connectivity index (χ1) is 13.4. The molecule has 1 aromatic rings. The van der Waals surface area contributed by atoms with E-state index >= 15 is 0 Å². The number of rotatable bonds is 12. The minimum absolute atomic E-state index is 0.0840. The molecule has 0 spiro atoms. The Morgan fingerprint density at radius 2 is 1.75 bits per heavy atom. The lowest BCUT2D eigenvalue weighted by molar-refractivity contribution is -0.130. The Morgan fingerprint density at radius 3 is 2.32 bits per heavy atom. The highest BCUT2D eigenvalue weighted by atomic mass is 16.3. The van der Waals surface area contributed by atoms with Crippen molar-refractivity contribution in [1.82, 2.24) is 15.5 Å². The number of hydrogen-bond acceptors (Lipinski definition) is 3. The summed E-state index contributed by atoms with van der Waals surface area (Å²) in [5, 5.41) is 17.1. The molecule has 0 aliphatic heterocycles. The van der Waals surface area contributed by atoms with Crippen LogP contribution in [0.15, 0.2) is 35.3 Å². The Bertz CT molecular complexity index is 583. The van der Waals surface area contributed by atoms with Crippen molar-refractivity contribution in [2.45, 2.75) is 65.0 Å². The molecule has 0 aliphatic rings. The van der Waals surface area contributed by atoms with Crippen molar-refractivity contribution in [1.29, 1.82) is 0 Å². The standard InChI is InChI=1S/C22H38N4O2/c1-5-14-22(28,15-6-2)18-25-21(23-7-3)24-16-13-20(27)26(4)17-19-11-9-8-10-12-19/h8-12,28H,5-7,13-18H2,1-4H3,(H2,23,24,25). The Labute approximate surface area is 170 Å². The van der Waals surface area contributed by atoms with Gasteiger partial charge in [0.05, 0.1) is 12.1 Å². The summed E-state index contributed by atoms with van der Waals surface area (Å²) < 4.78 is 0. The Hall–Kier alpha value is -2.08. The molecule has 0 aliphatic carbocycles. The largest absolute Gasteiger partial charge is 0.388 e. The van der Waals surface area contributed by atoms with Gasteiger partial charge in [-0.1, -0.05) is 57.0 Å². The van der Waals surface area contributed by atoms with Gasteiger partial charge in [-0.15, -0.1) is 0 Å². The second-order valence-electron chi connectivity index (χ2n) is 7.33. The summed E-state index contributed by atoms with van der Waals surface area (Å²) in [5.74, 6) is 0.729. The molecular formula is C22H38N4O2. The molecule has 3 N–H and O–H groups in total. The molecule has 0 bridgehead atoms. The topological polar surface area (TPSA) is 77.0 Å². The average molecular weight is 391 g/mol. The van der Waals surface area contributed by atoms with Gasteiger partial charge in [-0.05, 0) is 25.3 Å². The Morgan fingerprint density at radius 1 is 1.11 bits per heavy atom. The normalized spacial score (nSPS) is 12.0. The van der Waals surface area contributed by atoms with Crippen molar-refractivity contribution in [3.63, 3.8) is 0 Å². The van der Waals surface area contributed by atoms with E-state index in [0.29, 0.717) is 32.0 Å². The van der Waals surface area contributed by atoms with Gasteiger partial charge in [-0.3, -0.25) is 9.79 Å². The predicted octanol–water partition coefficient (Wildman–Crippen LogP) is 2.92. The number of carbonyl (C=O) groups excluding carboxylic acids is 1. The molecule has 1 rings (SSSR count). The van der Waals surface area contributed by atoms with Crippen LogP contribution >= 0.6 is 0 Å². The third-order valence-corrected chi connectivity index (χ3v) is 4.63. The van der Waals surface area contributed by atoms with Gasteiger partial charge >= 0.3 is 0 Å². The second kappa shape index (κ2) is 13.2. The first-order valence-corrected chi connectivity index (χ1v) is 10.5. The number of nitrogens with zero attached hydrogens (tertiary/aromatic N) is 2. The summed E-state index contributed by atoms with van der Waals surface area (Å²) in [5.41, 5.74) is 0.366. The molecule has 158 valence electrons. The average Bonchev–Trinajstić information content (AvgIpc) is 2.67. The quantitative estimate of drug-likeness (QED) is 0.379. The highest BCUT2D eigenvalue weighted by molar-refractivity contribution is 5.81. The minimum atomic E-state index is -0.752. The van der Waals surface area contributed by atoms with Crippen molar-refractivity contribution in [3.05, 3.63) is 35.9 Å². The van der Waals surface area contributed by atoms with Crippen LogP contribution < -0.4 is 10.6 Å². The maximum absolute atomic E-state index is 12.4. The number of aliphatic hydroxyl groups is 1. The zero-order chi connectivity index (χ0) is 20.8. The SMILES string of the molecule is CCCC(O)(CCC)CN=C(NCC)NCCC(=O)N(C)Cc1ccccc1. The van der Waals surface area contributed by atoms with Crippen LogP contribution in [-0.2, 0) is 11.3 Å². The number of guanidine groups is 1. The van der Waals surface area contributed by atoms with E-state index in [4.69, 9.17) is 0 Å². The van der Waals surface area contributed by atoms with Crippen LogP contribution in [0, 0.1) is 0 Å². The first-order valence-electron chi connectivity index (χ1n) is 10.5. The molecule has 28 heavy (non-hydrogen) atoms. The fourth-order valence-electron chi connectivity index (χ4n) is 3.21. The molecule has 0 radical (unpaired) electrons. The molecule has 0 atom stereocenters. The number of nitrogens with one attached hydrogen (secondary N) is 2. The van der Waals surface area contributed by atoms with E-state index < -0.39 is 5.60 Å². The smallest absolute Gasteiger partial charge is 0.224 e. The molecule has 0 unspecified atom stereocenters. The molecule has 6 nitrogen and oxygen atoms in total. The van der Waals surface area contributed by atoms with E-state index in [9.17, 15) is 9.90 Å². The van der Waals surface area contributed by atoms with Gasteiger partial charge < -0.3 is 20.6 Å². The summed E-state index contributed by atoms with van der Waals surface area (Å²) in [4.78, 5) is 18.7. The number of aliphatic imine (C=N–C) groups is 1. The fourth-order valence-corrected chi connectivity index (χ4v) is 3.21. The summed E-state index contributed by atoms with van der Waals surface area (Å²) in [6, 6.07) is 9.97. The molecule has 1 aromatic carbocycles. The monoisotopic (exact) mass is 390 g/mol. The molecule has 0 saturated carbocycles. The van der Waals surface area contributed by atoms with E-state index in [2.05, 4.69) is 29.5 Å². The van der Waals surface area contributed by atoms with Crippen LogP contribution in [0.5, 0.6) is 0 Å². The van der Waals surface area contributed by atoms with E-state index in [1.54, 1.807) is 4.90 Å². The molecule has 0 aromatic heterocycles. The summed E-state index contributed by atoms with van der Waals surface area (Å²) >= 11 is 0. The van der Waals surface area contributed by atoms with Gasteiger partial charge in [-0.2, -0.15) is 0 Å².